The molecular weight excluding hydrogens is 400 g/mol. The van der Waals surface area contributed by atoms with Crippen molar-refractivity contribution in [1.29, 1.82) is 0 Å². The van der Waals surface area contributed by atoms with Gasteiger partial charge in [-0.2, -0.15) is 0 Å². The lowest BCUT2D eigenvalue weighted by Crippen LogP contribution is -2.78. The summed E-state index contributed by atoms with van der Waals surface area (Å²) < 4.78 is 17.1. The summed E-state index contributed by atoms with van der Waals surface area (Å²) in [6, 6.07) is 1.79. The topological polar surface area (TPSA) is 103 Å². The standard InChI is InChI=1S/C24H28O7/c1-12-15-8-10-29-17(15)11-16-19(12)20(30-13(2)25)21(31-14(3)26)24(28)22(4,5)9-7-18(27)23(16,24)6/h7-10,16,19-21,28H,1,11H2,2-6H3. The van der Waals surface area contributed by atoms with Gasteiger partial charge in [0.25, 0.3) is 0 Å². The van der Waals surface area contributed by atoms with Crippen molar-refractivity contribution in [1.82, 2.24) is 0 Å². The van der Waals surface area contributed by atoms with Gasteiger partial charge in [0.05, 0.1) is 11.7 Å². The van der Waals surface area contributed by atoms with Crippen molar-refractivity contribution in [2.24, 2.45) is 22.7 Å². The van der Waals surface area contributed by atoms with Crippen molar-refractivity contribution in [2.45, 2.75) is 58.8 Å². The van der Waals surface area contributed by atoms with Crippen molar-refractivity contribution < 1.29 is 33.4 Å². The van der Waals surface area contributed by atoms with Gasteiger partial charge in [-0.25, -0.2) is 0 Å². The number of ketones is 1. The Hall–Kier alpha value is -2.67. The van der Waals surface area contributed by atoms with E-state index in [1.807, 2.05) is 0 Å². The highest BCUT2D eigenvalue weighted by molar-refractivity contribution is 5.98. The molecule has 3 aliphatic rings. The lowest BCUT2D eigenvalue weighted by atomic mass is 9.41. The number of furan rings is 1. The highest BCUT2D eigenvalue weighted by Crippen LogP contribution is 2.65. The monoisotopic (exact) mass is 428 g/mol. The number of carbonyl (C=O) groups excluding carboxylic acids is 3. The smallest absolute Gasteiger partial charge is 0.303 e. The van der Waals surface area contributed by atoms with Gasteiger partial charge in [0.1, 0.15) is 17.5 Å². The first-order chi connectivity index (χ1) is 14.4. The summed E-state index contributed by atoms with van der Waals surface area (Å²) in [5, 5.41) is 12.4. The van der Waals surface area contributed by atoms with Crippen LogP contribution in [0, 0.1) is 22.7 Å². The van der Waals surface area contributed by atoms with Crippen LogP contribution in [0.15, 0.2) is 35.5 Å². The minimum atomic E-state index is -1.84. The Kier molecular flexibility index (Phi) is 4.63. The van der Waals surface area contributed by atoms with Gasteiger partial charge in [-0.15, -0.1) is 0 Å². The summed E-state index contributed by atoms with van der Waals surface area (Å²) in [5.41, 5.74) is -2.74. The van der Waals surface area contributed by atoms with E-state index in [-0.39, 0.29) is 5.78 Å². The summed E-state index contributed by atoms with van der Waals surface area (Å²) >= 11 is 0. The third-order valence-electron chi connectivity index (χ3n) is 7.67. The Labute approximate surface area is 181 Å². The van der Waals surface area contributed by atoms with Crippen LogP contribution in [-0.4, -0.2) is 40.6 Å². The summed E-state index contributed by atoms with van der Waals surface area (Å²) in [7, 11) is 0. The number of ether oxygens (including phenoxy) is 2. The van der Waals surface area contributed by atoms with Gasteiger partial charge in [-0.05, 0) is 30.6 Å². The number of hydrogen-bond donors (Lipinski definition) is 1. The molecule has 0 saturated heterocycles. The Morgan fingerprint density at radius 3 is 2.45 bits per heavy atom. The molecule has 0 spiro atoms. The number of aliphatic hydroxyl groups is 1. The van der Waals surface area contributed by atoms with Crippen molar-refractivity contribution in [2.75, 3.05) is 0 Å². The molecule has 0 amide bonds. The first-order valence-corrected chi connectivity index (χ1v) is 10.4. The molecule has 3 aliphatic carbocycles. The number of esters is 2. The van der Waals surface area contributed by atoms with Crippen LogP contribution in [0.2, 0.25) is 0 Å². The van der Waals surface area contributed by atoms with Crippen molar-refractivity contribution in [3.05, 3.63) is 42.4 Å². The molecule has 7 heteroatoms. The molecule has 6 unspecified atom stereocenters. The predicted octanol–water partition coefficient (Wildman–Crippen LogP) is 2.86. The average molecular weight is 428 g/mol. The van der Waals surface area contributed by atoms with E-state index in [1.54, 1.807) is 39.2 Å². The van der Waals surface area contributed by atoms with E-state index in [0.717, 1.165) is 5.56 Å². The second kappa shape index (κ2) is 6.66. The van der Waals surface area contributed by atoms with E-state index >= 15 is 0 Å². The van der Waals surface area contributed by atoms with Gasteiger partial charge in [-0.3, -0.25) is 14.4 Å². The van der Waals surface area contributed by atoms with Crippen LogP contribution in [-0.2, 0) is 30.3 Å². The van der Waals surface area contributed by atoms with Gasteiger partial charge in [0.2, 0.25) is 0 Å². The molecule has 0 bridgehead atoms. The van der Waals surface area contributed by atoms with E-state index in [0.29, 0.717) is 17.8 Å². The Balaban J connectivity index is 2.03. The molecule has 1 fully saturated rings. The van der Waals surface area contributed by atoms with E-state index < -0.39 is 52.4 Å². The molecule has 1 heterocycles. The summed E-state index contributed by atoms with van der Waals surface area (Å²) in [6.45, 7) is 12.0. The molecule has 1 saturated carbocycles. The van der Waals surface area contributed by atoms with E-state index in [4.69, 9.17) is 13.9 Å². The van der Waals surface area contributed by atoms with E-state index in [9.17, 15) is 19.5 Å². The summed E-state index contributed by atoms with van der Waals surface area (Å²) in [5.74, 6) is -1.85. The quantitative estimate of drug-likeness (QED) is 0.723. The number of carbonyl (C=O) groups is 3. The number of allylic oxidation sites excluding steroid dienone is 1. The Morgan fingerprint density at radius 1 is 1.19 bits per heavy atom. The molecule has 1 N–H and O–H groups in total. The maximum absolute atomic E-state index is 13.5. The molecule has 1 aromatic heterocycles. The maximum atomic E-state index is 13.5. The number of rotatable bonds is 2. The van der Waals surface area contributed by atoms with Gasteiger partial charge >= 0.3 is 11.9 Å². The van der Waals surface area contributed by atoms with Gasteiger partial charge in [0.15, 0.2) is 11.9 Å². The van der Waals surface area contributed by atoms with Gasteiger partial charge in [0, 0.05) is 37.2 Å². The predicted molar refractivity (Wildman–Crippen MR) is 111 cm³/mol. The largest absolute Gasteiger partial charge is 0.469 e. The van der Waals surface area contributed by atoms with Crippen LogP contribution in [0.5, 0.6) is 0 Å². The molecule has 7 nitrogen and oxygen atoms in total. The molecule has 0 aromatic carbocycles. The third-order valence-corrected chi connectivity index (χ3v) is 7.67. The molecule has 1 aromatic rings. The minimum absolute atomic E-state index is 0.273. The van der Waals surface area contributed by atoms with Crippen LogP contribution in [0.25, 0.3) is 5.57 Å². The first kappa shape index (κ1) is 21.6. The Bertz CT molecular complexity index is 1010. The zero-order chi connectivity index (χ0) is 22.9. The van der Waals surface area contributed by atoms with Crippen LogP contribution in [0.3, 0.4) is 0 Å². The number of fused-ring (bicyclic) bond motifs is 4. The highest BCUT2D eigenvalue weighted by atomic mass is 16.6. The number of hydrogen-bond acceptors (Lipinski definition) is 7. The summed E-state index contributed by atoms with van der Waals surface area (Å²) in [4.78, 5) is 37.7. The Morgan fingerprint density at radius 2 is 1.84 bits per heavy atom. The normalized spacial score (nSPS) is 38.0. The fourth-order valence-corrected chi connectivity index (χ4v) is 6.18. The zero-order valence-corrected chi connectivity index (χ0v) is 18.4. The van der Waals surface area contributed by atoms with Crippen LogP contribution in [0.1, 0.15) is 45.9 Å². The lowest BCUT2D eigenvalue weighted by Gasteiger charge is -2.65. The second-order valence-electron chi connectivity index (χ2n) is 9.61. The van der Waals surface area contributed by atoms with Crippen molar-refractivity contribution in [3.63, 3.8) is 0 Å². The maximum Gasteiger partial charge on any atom is 0.303 e. The van der Waals surface area contributed by atoms with Gasteiger partial charge < -0.3 is 19.0 Å². The minimum Gasteiger partial charge on any atom is -0.469 e. The van der Waals surface area contributed by atoms with Crippen LogP contribution < -0.4 is 0 Å². The van der Waals surface area contributed by atoms with Crippen LogP contribution in [0.4, 0.5) is 0 Å². The molecule has 31 heavy (non-hydrogen) atoms. The molecule has 166 valence electrons. The van der Waals surface area contributed by atoms with Crippen LogP contribution >= 0.6 is 0 Å². The van der Waals surface area contributed by atoms with Crippen molar-refractivity contribution in [3.8, 4) is 0 Å². The second-order valence-corrected chi connectivity index (χ2v) is 9.61. The third kappa shape index (κ3) is 2.65. The van der Waals surface area contributed by atoms with E-state index in [2.05, 4.69) is 6.58 Å². The summed E-state index contributed by atoms with van der Waals surface area (Å²) in [6.07, 6.45) is 2.74. The fraction of sp³-hybridized carbons (Fsp3) is 0.542. The fourth-order valence-electron chi connectivity index (χ4n) is 6.18. The highest BCUT2D eigenvalue weighted by Gasteiger charge is 2.75. The zero-order valence-electron chi connectivity index (χ0n) is 18.4. The van der Waals surface area contributed by atoms with Crippen molar-refractivity contribution >= 4 is 23.3 Å². The SMILES string of the molecule is C=C1c2ccoc2CC2C1C(OC(C)=O)C(OC(C)=O)C1(O)C(C)(C)C=CC(=O)C21C. The average Bonchev–Trinajstić information content (AvgIpc) is 3.14. The lowest BCUT2D eigenvalue weighted by molar-refractivity contribution is -0.281. The molecule has 6 atom stereocenters. The molecule has 4 rings (SSSR count). The molecular formula is C24H28O7. The van der Waals surface area contributed by atoms with E-state index in [1.165, 1.54) is 19.9 Å². The first-order valence-electron chi connectivity index (χ1n) is 10.4. The molecule has 0 radical (unpaired) electrons. The molecule has 0 aliphatic heterocycles. The van der Waals surface area contributed by atoms with Gasteiger partial charge in [-0.1, -0.05) is 26.5 Å².